The van der Waals surface area contributed by atoms with Crippen LogP contribution in [0.15, 0.2) is 18.2 Å². The lowest BCUT2D eigenvalue weighted by Crippen LogP contribution is -2.29. The zero-order chi connectivity index (χ0) is 12.3. The monoisotopic (exact) mass is 235 g/mol. The second kappa shape index (κ2) is 5.14. The van der Waals surface area contributed by atoms with Crippen LogP contribution in [0.5, 0.6) is 0 Å². The molecule has 92 valence electrons. The van der Waals surface area contributed by atoms with Crippen LogP contribution >= 0.6 is 0 Å². The second-order valence-corrected chi connectivity index (χ2v) is 4.29. The van der Waals surface area contributed by atoms with E-state index in [-0.39, 0.29) is 10.6 Å². The van der Waals surface area contributed by atoms with Gasteiger partial charge in [0, 0.05) is 25.7 Å². The molecule has 1 heterocycles. The summed E-state index contributed by atoms with van der Waals surface area (Å²) in [5.74, 6) is 0. The Morgan fingerprint density at radius 3 is 2.94 bits per heavy atom. The molecule has 0 atom stereocenters. The maximum atomic E-state index is 11.1. The van der Waals surface area contributed by atoms with Gasteiger partial charge in [-0.3, -0.25) is 10.1 Å². The van der Waals surface area contributed by atoms with E-state index >= 15 is 0 Å². The third-order valence-electron chi connectivity index (χ3n) is 3.07. The summed E-state index contributed by atoms with van der Waals surface area (Å²) in [6.07, 6.45) is 1.02. The molecule has 0 spiro atoms. The molecule has 0 saturated carbocycles. The molecule has 1 saturated heterocycles. The molecule has 0 bridgehead atoms. The Kier molecular flexibility index (Phi) is 3.58. The van der Waals surface area contributed by atoms with Gasteiger partial charge in [-0.1, -0.05) is 12.1 Å². The SMILES string of the molecule is Cc1cccc([N+](=O)[O-])c1N1CCCNCC1. The Hall–Kier alpha value is -1.62. The van der Waals surface area contributed by atoms with Gasteiger partial charge < -0.3 is 10.2 Å². The van der Waals surface area contributed by atoms with Crippen molar-refractivity contribution >= 4 is 11.4 Å². The summed E-state index contributed by atoms with van der Waals surface area (Å²) >= 11 is 0. The molecule has 0 unspecified atom stereocenters. The molecule has 5 nitrogen and oxygen atoms in total. The molecule has 0 aromatic heterocycles. The average molecular weight is 235 g/mol. The first kappa shape index (κ1) is 11.9. The van der Waals surface area contributed by atoms with Crippen molar-refractivity contribution < 1.29 is 4.92 Å². The largest absolute Gasteiger partial charge is 0.364 e. The molecule has 1 aromatic carbocycles. The minimum Gasteiger partial charge on any atom is -0.364 e. The molecular formula is C12H17N3O2. The molecule has 1 aliphatic heterocycles. The van der Waals surface area contributed by atoms with Gasteiger partial charge in [0.05, 0.1) is 4.92 Å². The number of hydrogen-bond acceptors (Lipinski definition) is 4. The Balaban J connectivity index is 2.37. The van der Waals surface area contributed by atoms with Gasteiger partial charge >= 0.3 is 0 Å². The Labute approximate surface area is 101 Å². The van der Waals surface area contributed by atoms with E-state index in [2.05, 4.69) is 10.2 Å². The minimum atomic E-state index is -0.291. The fraction of sp³-hybridized carbons (Fsp3) is 0.500. The van der Waals surface area contributed by atoms with Gasteiger partial charge in [0.15, 0.2) is 0 Å². The number of nitro groups is 1. The minimum absolute atomic E-state index is 0.215. The van der Waals surface area contributed by atoms with Crippen molar-refractivity contribution in [1.29, 1.82) is 0 Å². The molecule has 1 fully saturated rings. The molecular weight excluding hydrogens is 218 g/mol. The van der Waals surface area contributed by atoms with Crippen LogP contribution in [-0.4, -0.2) is 31.1 Å². The van der Waals surface area contributed by atoms with Crippen LogP contribution in [0.3, 0.4) is 0 Å². The van der Waals surface area contributed by atoms with E-state index in [0.29, 0.717) is 0 Å². The Bertz CT molecular complexity index is 412. The quantitative estimate of drug-likeness (QED) is 0.626. The highest BCUT2D eigenvalue weighted by Crippen LogP contribution is 2.31. The predicted molar refractivity (Wildman–Crippen MR) is 67.5 cm³/mol. The Morgan fingerprint density at radius 1 is 1.35 bits per heavy atom. The summed E-state index contributed by atoms with van der Waals surface area (Å²) in [6.45, 7) is 5.49. The first-order chi connectivity index (χ1) is 8.20. The van der Waals surface area contributed by atoms with Gasteiger partial charge in [-0.15, -0.1) is 0 Å². The van der Waals surface area contributed by atoms with Crippen molar-refractivity contribution in [3.63, 3.8) is 0 Å². The summed E-state index contributed by atoms with van der Waals surface area (Å²) in [6, 6.07) is 5.26. The number of hydrogen-bond donors (Lipinski definition) is 1. The maximum absolute atomic E-state index is 11.1. The van der Waals surface area contributed by atoms with E-state index in [1.165, 1.54) is 0 Å². The summed E-state index contributed by atoms with van der Waals surface area (Å²) in [5.41, 5.74) is 1.97. The van der Waals surface area contributed by atoms with Crippen LogP contribution in [0.4, 0.5) is 11.4 Å². The fourth-order valence-corrected chi connectivity index (χ4v) is 2.27. The summed E-state index contributed by atoms with van der Waals surface area (Å²) in [5, 5.41) is 14.4. The van der Waals surface area contributed by atoms with Crippen LogP contribution in [0, 0.1) is 17.0 Å². The number of anilines is 1. The van der Waals surface area contributed by atoms with E-state index in [9.17, 15) is 10.1 Å². The number of nitro benzene ring substituents is 1. The molecule has 5 heteroatoms. The molecule has 2 rings (SSSR count). The van der Waals surface area contributed by atoms with Gasteiger partial charge in [0.1, 0.15) is 5.69 Å². The van der Waals surface area contributed by atoms with Crippen molar-refractivity contribution in [2.24, 2.45) is 0 Å². The number of rotatable bonds is 2. The van der Waals surface area contributed by atoms with Crippen molar-refractivity contribution in [2.75, 3.05) is 31.1 Å². The van der Waals surface area contributed by atoms with Crippen LogP contribution in [0.2, 0.25) is 0 Å². The lowest BCUT2D eigenvalue weighted by molar-refractivity contribution is -0.384. The third kappa shape index (κ3) is 2.55. The zero-order valence-corrected chi connectivity index (χ0v) is 9.98. The predicted octanol–water partition coefficient (Wildman–Crippen LogP) is 1.70. The van der Waals surface area contributed by atoms with Gasteiger partial charge in [-0.25, -0.2) is 0 Å². The molecule has 1 aromatic rings. The van der Waals surface area contributed by atoms with E-state index in [1.54, 1.807) is 12.1 Å². The highest BCUT2D eigenvalue weighted by molar-refractivity contribution is 5.67. The lowest BCUT2D eigenvalue weighted by Gasteiger charge is -2.23. The third-order valence-corrected chi connectivity index (χ3v) is 3.07. The molecule has 1 aliphatic rings. The smallest absolute Gasteiger partial charge is 0.292 e. The van der Waals surface area contributed by atoms with E-state index in [1.807, 2.05) is 13.0 Å². The van der Waals surface area contributed by atoms with Crippen LogP contribution in [0.25, 0.3) is 0 Å². The lowest BCUT2D eigenvalue weighted by atomic mass is 10.1. The molecule has 0 aliphatic carbocycles. The highest BCUT2D eigenvalue weighted by Gasteiger charge is 2.21. The summed E-state index contributed by atoms with van der Waals surface area (Å²) in [4.78, 5) is 12.9. The maximum Gasteiger partial charge on any atom is 0.292 e. The molecule has 0 amide bonds. The number of nitrogens with one attached hydrogen (secondary N) is 1. The van der Waals surface area contributed by atoms with Crippen LogP contribution in [0.1, 0.15) is 12.0 Å². The van der Waals surface area contributed by atoms with Gasteiger partial charge in [-0.05, 0) is 25.5 Å². The van der Waals surface area contributed by atoms with Crippen molar-refractivity contribution in [3.8, 4) is 0 Å². The van der Waals surface area contributed by atoms with E-state index in [4.69, 9.17) is 0 Å². The van der Waals surface area contributed by atoms with E-state index in [0.717, 1.165) is 43.9 Å². The number of para-hydroxylation sites is 1. The number of benzene rings is 1. The number of aryl methyl sites for hydroxylation is 1. The summed E-state index contributed by atoms with van der Waals surface area (Å²) in [7, 11) is 0. The topological polar surface area (TPSA) is 58.4 Å². The molecule has 17 heavy (non-hydrogen) atoms. The zero-order valence-electron chi connectivity index (χ0n) is 9.98. The summed E-state index contributed by atoms with van der Waals surface area (Å²) < 4.78 is 0. The van der Waals surface area contributed by atoms with E-state index < -0.39 is 0 Å². The van der Waals surface area contributed by atoms with Crippen molar-refractivity contribution in [1.82, 2.24) is 5.32 Å². The highest BCUT2D eigenvalue weighted by atomic mass is 16.6. The van der Waals surface area contributed by atoms with Crippen molar-refractivity contribution in [2.45, 2.75) is 13.3 Å². The second-order valence-electron chi connectivity index (χ2n) is 4.29. The van der Waals surface area contributed by atoms with Gasteiger partial charge in [0.25, 0.3) is 5.69 Å². The first-order valence-electron chi connectivity index (χ1n) is 5.90. The first-order valence-corrected chi connectivity index (χ1v) is 5.90. The average Bonchev–Trinajstić information content (AvgIpc) is 2.57. The normalized spacial score (nSPS) is 16.6. The standard InChI is InChI=1S/C12H17N3O2/c1-10-4-2-5-11(15(16)17)12(10)14-8-3-6-13-7-9-14/h2,4-5,13H,3,6-9H2,1H3. The fourth-order valence-electron chi connectivity index (χ4n) is 2.27. The van der Waals surface area contributed by atoms with Crippen molar-refractivity contribution in [3.05, 3.63) is 33.9 Å². The molecule has 0 radical (unpaired) electrons. The van der Waals surface area contributed by atoms with Crippen LogP contribution in [-0.2, 0) is 0 Å². The Morgan fingerprint density at radius 2 is 2.18 bits per heavy atom. The van der Waals surface area contributed by atoms with Gasteiger partial charge in [-0.2, -0.15) is 0 Å². The van der Waals surface area contributed by atoms with Crippen LogP contribution < -0.4 is 10.2 Å². The van der Waals surface area contributed by atoms with Gasteiger partial charge in [0.2, 0.25) is 0 Å². The number of nitrogens with zero attached hydrogens (tertiary/aromatic N) is 2. The molecule has 1 N–H and O–H groups in total.